The Morgan fingerprint density at radius 2 is 2.00 bits per heavy atom. The van der Waals surface area contributed by atoms with Gasteiger partial charge in [-0.25, -0.2) is 5.84 Å². The molecule has 0 unspecified atom stereocenters. The maximum absolute atomic E-state index is 11.0. The third-order valence-corrected chi connectivity index (χ3v) is 1.73. The van der Waals surface area contributed by atoms with Crippen molar-refractivity contribution in [1.82, 2.24) is 10.7 Å². The Bertz CT molecular complexity index is 281. The van der Waals surface area contributed by atoms with E-state index in [0.717, 1.165) is 12.1 Å². The van der Waals surface area contributed by atoms with Gasteiger partial charge in [0.25, 0.3) is 5.91 Å². The summed E-state index contributed by atoms with van der Waals surface area (Å²) in [5.41, 5.74) is 3.79. The van der Waals surface area contributed by atoms with Crippen LogP contribution in [0.25, 0.3) is 0 Å². The minimum absolute atomic E-state index is 0.268. The topological polar surface area (TPSA) is 67.2 Å². The van der Waals surface area contributed by atoms with E-state index in [1.807, 2.05) is 19.2 Å². The van der Waals surface area contributed by atoms with Gasteiger partial charge in [0.1, 0.15) is 0 Å². The van der Waals surface area contributed by atoms with E-state index in [1.54, 1.807) is 12.1 Å². The Morgan fingerprint density at radius 1 is 1.38 bits per heavy atom. The second-order valence-electron chi connectivity index (χ2n) is 2.70. The van der Waals surface area contributed by atoms with Crippen molar-refractivity contribution in [3.63, 3.8) is 0 Å². The highest BCUT2D eigenvalue weighted by atomic mass is 16.2. The normalized spacial score (nSPS) is 9.69. The van der Waals surface area contributed by atoms with Gasteiger partial charge in [0.15, 0.2) is 0 Å². The SMILES string of the molecule is CNCc1ccc(C(=O)NN)cc1. The number of nitrogens with two attached hydrogens (primary N) is 1. The van der Waals surface area contributed by atoms with Crippen molar-refractivity contribution >= 4 is 5.91 Å². The first-order chi connectivity index (χ1) is 6.27. The van der Waals surface area contributed by atoms with Crippen LogP contribution in [0.2, 0.25) is 0 Å². The van der Waals surface area contributed by atoms with Crippen LogP contribution in [-0.4, -0.2) is 13.0 Å². The predicted octanol–water partition coefficient (Wildman–Crippen LogP) is 0.00950. The summed E-state index contributed by atoms with van der Waals surface area (Å²) in [6.45, 7) is 0.796. The molecule has 4 N–H and O–H groups in total. The van der Waals surface area contributed by atoms with Crippen LogP contribution in [0.1, 0.15) is 15.9 Å². The van der Waals surface area contributed by atoms with Crippen molar-refractivity contribution in [2.45, 2.75) is 6.54 Å². The summed E-state index contributed by atoms with van der Waals surface area (Å²) < 4.78 is 0. The number of hydrogen-bond donors (Lipinski definition) is 3. The Balaban J connectivity index is 2.75. The smallest absolute Gasteiger partial charge is 0.265 e. The minimum Gasteiger partial charge on any atom is -0.316 e. The Labute approximate surface area is 77.1 Å². The van der Waals surface area contributed by atoms with Crippen molar-refractivity contribution in [1.29, 1.82) is 0 Å². The number of nitrogens with one attached hydrogen (secondary N) is 2. The molecule has 0 radical (unpaired) electrons. The maximum Gasteiger partial charge on any atom is 0.265 e. The Hall–Kier alpha value is -1.39. The zero-order valence-corrected chi connectivity index (χ0v) is 7.50. The highest BCUT2D eigenvalue weighted by molar-refractivity contribution is 5.93. The molecule has 0 aliphatic carbocycles. The molecule has 0 spiro atoms. The Kier molecular flexibility index (Phi) is 3.42. The third kappa shape index (κ3) is 2.54. The van der Waals surface area contributed by atoms with Gasteiger partial charge in [-0.15, -0.1) is 0 Å². The largest absolute Gasteiger partial charge is 0.316 e. The zero-order valence-electron chi connectivity index (χ0n) is 7.50. The van der Waals surface area contributed by atoms with Crippen molar-refractivity contribution in [2.75, 3.05) is 7.05 Å². The lowest BCUT2D eigenvalue weighted by Crippen LogP contribution is -2.29. The van der Waals surface area contributed by atoms with Gasteiger partial charge in [0.2, 0.25) is 0 Å². The lowest BCUT2D eigenvalue weighted by Gasteiger charge is -2.02. The van der Waals surface area contributed by atoms with Crippen LogP contribution in [0.15, 0.2) is 24.3 Å². The average molecular weight is 179 g/mol. The van der Waals surface area contributed by atoms with Gasteiger partial charge < -0.3 is 5.32 Å². The summed E-state index contributed by atoms with van der Waals surface area (Å²) in [6, 6.07) is 7.27. The fourth-order valence-corrected chi connectivity index (χ4v) is 1.06. The van der Waals surface area contributed by atoms with E-state index in [0.29, 0.717) is 5.56 Å². The number of nitrogen functional groups attached to an aromatic ring is 1. The van der Waals surface area contributed by atoms with E-state index >= 15 is 0 Å². The molecule has 0 fully saturated rings. The van der Waals surface area contributed by atoms with Crippen LogP contribution in [0.4, 0.5) is 0 Å². The fourth-order valence-electron chi connectivity index (χ4n) is 1.06. The van der Waals surface area contributed by atoms with Gasteiger partial charge in [-0.05, 0) is 24.7 Å². The molecule has 13 heavy (non-hydrogen) atoms. The molecule has 0 aliphatic rings. The van der Waals surface area contributed by atoms with Crippen LogP contribution in [0.3, 0.4) is 0 Å². The minimum atomic E-state index is -0.268. The number of benzene rings is 1. The van der Waals surface area contributed by atoms with Crippen LogP contribution in [0, 0.1) is 0 Å². The molecular weight excluding hydrogens is 166 g/mol. The van der Waals surface area contributed by atoms with Crippen LogP contribution < -0.4 is 16.6 Å². The van der Waals surface area contributed by atoms with Gasteiger partial charge in [-0.3, -0.25) is 10.2 Å². The lowest BCUT2D eigenvalue weighted by molar-refractivity contribution is 0.0953. The molecule has 4 nitrogen and oxygen atoms in total. The molecule has 0 atom stereocenters. The summed E-state index contributed by atoms with van der Waals surface area (Å²) in [6.07, 6.45) is 0. The number of carbonyl (C=O) groups excluding carboxylic acids is 1. The number of hydrazine groups is 1. The first kappa shape index (κ1) is 9.70. The molecule has 0 heterocycles. The molecule has 1 aromatic rings. The Morgan fingerprint density at radius 3 is 2.46 bits per heavy atom. The molecule has 0 saturated carbocycles. The van der Waals surface area contributed by atoms with E-state index in [2.05, 4.69) is 10.7 Å². The molecule has 4 heteroatoms. The molecule has 1 amide bonds. The van der Waals surface area contributed by atoms with Gasteiger partial charge >= 0.3 is 0 Å². The van der Waals surface area contributed by atoms with E-state index < -0.39 is 0 Å². The number of rotatable bonds is 3. The van der Waals surface area contributed by atoms with E-state index in [4.69, 9.17) is 5.84 Å². The quantitative estimate of drug-likeness (QED) is 0.348. The number of amides is 1. The number of carbonyl (C=O) groups is 1. The van der Waals surface area contributed by atoms with E-state index in [-0.39, 0.29) is 5.91 Å². The molecule has 1 aromatic carbocycles. The molecule has 0 aliphatic heterocycles. The first-order valence-electron chi connectivity index (χ1n) is 4.02. The van der Waals surface area contributed by atoms with Crippen LogP contribution >= 0.6 is 0 Å². The van der Waals surface area contributed by atoms with Gasteiger partial charge in [0, 0.05) is 12.1 Å². The average Bonchev–Trinajstić information content (AvgIpc) is 2.18. The second-order valence-corrected chi connectivity index (χ2v) is 2.70. The van der Waals surface area contributed by atoms with Crippen molar-refractivity contribution in [3.05, 3.63) is 35.4 Å². The predicted molar refractivity (Wildman–Crippen MR) is 50.9 cm³/mol. The third-order valence-electron chi connectivity index (χ3n) is 1.73. The van der Waals surface area contributed by atoms with Crippen LogP contribution in [0.5, 0.6) is 0 Å². The molecule has 1 rings (SSSR count). The summed E-state index contributed by atoms with van der Waals surface area (Å²) in [4.78, 5) is 11.0. The first-order valence-corrected chi connectivity index (χ1v) is 4.02. The highest BCUT2D eigenvalue weighted by Crippen LogP contribution is 2.03. The second kappa shape index (κ2) is 4.59. The molecule has 0 saturated heterocycles. The zero-order chi connectivity index (χ0) is 9.68. The summed E-state index contributed by atoms with van der Waals surface area (Å²) in [5.74, 6) is 4.72. The molecule has 0 bridgehead atoms. The molecular formula is C9H13N3O. The van der Waals surface area contributed by atoms with E-state index in [9.17, 15) is 4.79 Å². The summed E-state index contributed by atoms with van der Waals surface area (Å²) >= 11 is 0. The monoisotopic (exact) mass is 179 g/mol. The molecule has 0 aromatic heterocycles. The highest BCUT2D eigenvalue weighted by Gasteiger charge is 2.01. The van der Waals surface area contributed by atoms with Gasteiger partial charge in [-0.1, -0.05) is 12.1 Å². The van der Waals surface area contributed by atoms with Gasteiger partial charge in [0.05, 0.1) is 0 Å². The number of hydrogen-bond acceptors (Lipinski definition) is 3. The summed E-state index contributed by atoms with van der Waals surface area (Å²) in [5, 5.41) is 3.02. The fraction of sp³-hybridized carbons (Fsp3) is 0.222. The van der Waals surface area contributed by atoms with Crippen molar-refractivity contribution in [2.24, 2.45) is 5.84 Å². The van der Waals surface area contributed by atoms with Crippen molar-refractivity contribution < 1.29 is 4.79 Å². The standard InChI is InChI=1S/C9H13N3O/c1-11-6-7-2-4-8(5-3-7)9(13)12-10/h2-5,11H,6,10H2,1H3,(H,12,13). The van der Waals surface area contributed by atoms with Crippen LogP contribution in [-0.2, 0) is 6.54 Å². The van der Waals surface area contributed by atoms with Gasteiger partial charge in [-0.2, -0.15) is 0 Å². The molecule has 70 valence electrons. The lowest BCUT2D eigenvalue weighted by atomic mass is 10.1. The van der Waals surface area contributed by atoms with Crippen molar-refractivity contribution in [3.8, 4) is 0 Å². The maximum atomic E-state index is 11.0. The summed E-state index contributed by atoms with van der Waals surface area (Å²) in [7, 11) is 1.88. The van der Waals surface area contributed by atoms with E-state index in [1.165, 1.54) is 0 Å².